The molecule has 1 amide bonds. The molecule has 0 bridgehead atoms. The summed E-state index contributed by atoms with van der Waals surface area (Å²) in [6, 6.07) is 0. The van der Waals surface area contributed by atoms with Crippen LogP contribution in [-0.2, 0) is 9.59 Å². The molecule has 1 unspecified atom stereocenters. The van der Waals surface area contributed by atoms with Crippen LogP contribution in [0.1, 0.15) is 59.8 Å². The molecule has 1 fully saturated rings. The Morgan fingerprint density at radius 1 is 1.22 bits per heavy atom. The fourth-order valence-electron chi connectivity index (χ4n) is 2.77. The van der Waals surface area contributed by atoms with Gasteiger partial charge in [0, 0.05) is 5.92 Å². The monoisotopic (exact) mass is 324 g/mol. The third-order valence-corrected chi connectivity index (χ3v) is 4.74. The molecule has 0 radical (unpaired) electrons. The number of carboxylic acid groups (broad SMARTS) is 1. The first-order valence-corrected chi connectivity index (χ1v) is 8.78. The molecule has 5 heteroatoms. The van der Waals surface area contributed by atoms with Crippen molar-refractivity contribution in [3.8, 4) is 0 Å². The normalized spacial score (nSPS) is 19.7. The Morgan fingerprint density at radius 2 is 1.83 bits per heavy atom. The number of carbonyl (C=O) groups excluding carboxylic acids is 1. The zero-order chi connectivity index (χ0) is 17.5. The van der Waals surface area contributed by atoms with E-state index >= 15 is 0 Å². The minimum atomic E-state index is -1.06. The van der Waals surface area contributed by atoms with Crippen LogP contribution in [0.3, 0.4) is 0 Å². The van der Waals surface area contributed by atoms with E-state index in [2.05, 4.69) is 24.1 Å². The molecule has 23 heavy (non-hydrogen) atoms. The van der Waals surface area contributed by atoms with Crippen molar-refractivity contribution >= 4 is 11.9 Å². The Hall–Kier alpha value is -1.36. The summed E-state index contributed by atoms with van der Waals surface area (Å²) in [7, 11) is 0. The number of amides is 1. The highest BCUT2D eigenvalue weighted by atomic mass is 16.4. The maximum atomic E-state index is 12.0. The molecule has 1 saturated carbocycles. The minimum absolute atomic E-state index is 0.0120. The highest BCUT2D eigenvalue weighted by Gasteiger charge is 2.50. The molecule has 0 aromatic rings. The molecule has 2 N–H and O–H groups in total. The van der Waals surface area contributed by atoms with Gasteiger partial charge in [0.2, 0.25) is 5.91 Å². The summed E-state index contributed by atoms with van der Waals surface area (Å²) in [5.41, 5.74) is 0.0411. The molecule has 1 atom stereocenters. The van der Waals surface area contributed by atoms with Crippen LogP contribution < -0.4 is 5.32 Å². The van der Waals surface area contributed by atoms with Gasteiger partial charge in [-0.1, -0.05) is 40.2 Å². The summed E-state index contributed by atoms with van der Waals surface area (Å²) in [5.74, 6) is -1.27. The largest absolute Gasteiger partial charge is 0.477 e. The quantitative estimate of drug-likeness (QED) is 0.453. The lowest BCUT2D eigenvalue weighted by Crippen LogP contribution is -2.29. The van der Waals surface area contributed by atoms with Crippen LogP contribution in [-0.4, -0.2) is 41.5 Å². The fraction of sp³-hybridized carbons (Fsp3) is 0.778. The number of allylic oxidation sites excluding steroid dienone is 1. The summed E-state index contributed by atoms with van der Waals surface area (Å²) in [6.45, 7) is 11.6. The Kier molecular flexibility index (Phi) is 7.76. The Labute approximate surface area is 140 Å². The first-order chi connectivity index (χ1) is 10.8. The molecule has 0 heterocycles. The van der Waals surface area contributed by atoms with Crippen molar-refractivity contribution in [2.24, 2.45) is 11.3 Å². The molecule has 1 aliphatic rings. The number of carboxylic acids is 1. The van der Waals surface area contributed by atoms with Gasteiger partial charge >= 0.3 is 5.97 Å². The smallest absolute Gasteiger partial charge is 0.352 e. The summed E-state index contributed by atoms with van der Waals surface area (Å²) >= 11 is 0. The summed E-state index contributed by atoms with van der Waals surface area (Å²) < 4.78 is 0. The van der Waals surface area contributed by atoms with Crippen LogP contribution >= 0.6 is 0 Å². The summed E-state index contributed by atoms with van der Waals surface area (Å²) in [5, 5.41) is 11.8. The molecular weight excluding hydrogens is 292 g/mol. The maximum Gasteiger partial charge on any atom is 0.352 e. The van der Waals surface area contributed by atoms with E-state index in [0.717, 1.165) is 45.3 Å². The van der Waals surface area contributed by atoms with Gasteiger partial charge in [-0.05, 0) is 50.7 Å². The zero-order valence-corrected chi connectivity index (χ0v) is 15.0. The molecule has 1 aliphatic carbocycles. The number of hydrogen-bond donors (Lipinski definition) is 2. The molecular formula is C18H32N2O3. The van der Waals surface area contributed by atoms with Gasteiger partial charge in [0.25, 0.3) is 0 Å². The standard InChI is InChI=1S/C18H32N2O3/c1-5-20(6-2)12-10-8-7-9-11-15(17(22)23)19-16(21)14-13-18(14,3)4/h11,14H,5-10,12-13H2,1-4H3,(H,19,21)(H,22,23)/b15-11-. The number of hydrogen-bond acceptors (Lipinski definition) is 3. The van der Waals surface area contributed by atoms with Crippen LogP contribution in [0, 0.1) is 11.3 Å². The summed E-state index contributed by atoms with van der Waals surface area (Å²) in [6.07, 6.45) is 6.31. The molecule has 1 rings (SSSR count). The maximum absolute atomic E-state index is 12.0. The second kappa shape index (κ2) is 9.06. The van der Waals surface area contributed by atoms with E-state index in [0.29, 0.717) is 6.42 Å². The molecule has 132 valence electrons. The number of aliphatic carboxylic acids is 1. The van der Waals surface area contributed by atoms with Crippen LogP contribution in [0.4, 0.5) is 0 Å². The van der Waals surface area contributed by atoms with Crippen LogP contribution in [0.25, 0.3) is 0 Å². The Bertz CT molecular complexity index is 440. The van der Waals surface area contributed by atoms with Gasteiger partial charge in [-0.25, -0.2) is 4.79 Å². The van der Waals surface area contributed by atoms with Gasteiger partial charge < -0.3 is 15.3 Å². The van der Waals surface area contributed by atoms with Gasteiger partial charge in [0.1, 0.15) is 5.70 Å². The van der Waals surface area contributed by atoms with Gasteiger partial charge in [-0.15, -0.1) is 0 Å². The van der Waals surface area contributed by atoms with Crippen molar-refractivity contribution in [2.75, 3.05) is 19.6 Å². The first-order valence-electron chi connectivity index (χ1n) is 8.78. The first kappa shape index (κ1) is 19.7. The van der Waals surface area contributed by atoms with Gasteiger partial charge in [-0.3, -0.25) is 4.79 Å². The van der Waals surface area contributed by atoms with Crippen LogP contribution in [0.15, 0.2) is 11.8 Å². The highest BCUT2D eigenvalue weighted by molar-refractivity contribution is 5.94. The molecule has 0 spiro atoms. The Morgan fingerprint density at radius 3 is 2.30 bits per heavy atom. The van der Waals surface area contributed by atoms with Crippen LogP contribution in [0.5, 0.6) is 0 Å². The number of carbonyl (C=O) groups is 2. The fourth-order valence-corrected chi connectivity index (χ4v) is 2.77. The molecule has 0 aliphatic heterocycles. The van der Waals surface area contributed by atoms with Crippen molar-refractivity contribution in [3.05, 3.63) is 11.8 Å². The third kappa shape index (κ3) is 6.73. The lowest BCUT2D eigenvalue weighted by atomic mass is 10.1. The van der Waals surface area contributed by atoms with Crippen molar-refractivity contribution in [1.82, 2.24) is 10.2 Å². The van der Waals surface area contributed by atoms with Crippen molar-refractivity contribution in [2.45, 2.75) is 59.8 Å². The highest BCUT2D eigenvalue weighted by Crippen LogP contribution is 2.51. The second-order valence-electron chi connectivity index (χ2n) is 7.03. The van der Waals surface area contributed by atoms with Gasteiger partial charge in [-0.2, -0.15) is 0 Å². The van der Waals surface area contributed by atoms with E-state index in [9.17, 15) is 14.7 Å². The Balaban J connectivity index is 2.30. The lowest BCUT2D eigenvalue weighted by molar-refractivity contribution is -0.135. The average Bonchev–Trinajstić information content (AvgIpc) is 3.14. The van der Waals surface area contributed by atoms with E-state index in [-0.39, 0.29) is 22.9 Å². The zero-order valence-electron chi connectivity index (χ0n) is 15.0. The number of unbranched alkanes of at least 4 members (excludes halogenated alkanes) is 3. The SMILES string of the molecule is CCN(CC)CCCCC/C=C(\NC(=O)C1CC1(C)C)C(=O)O. The van der Waals surface area contributed by atoms with Crippen molar-refractivity contribution in [3.63, 3.8) is 0 Å². The predicted octanol–water partition coefficient (Wildman–Crippen LogP) is 3.02. The number of nitrogens with one attached hydrogen (secondary N) is 1. The van der Waals surface area contributed by atoms with E-state index in [1.165, 1.54) is 0 Å². The van der Waals surface area contributed by atoms with Crippen molar-refractivity contribution < 1.29 is 14.7 Å². The lowest BCUT2D eigenvalue weighted by Gasteiger charge is -2.17. The van der Waals surface area contributed by atoms with E-state index in [4.69, 9.17) is 0 Å². The molecule has 0 aromatic carbocycles. The molecule has 5 nitrogen and oxygen atoms in total. The third-order valence-electron chi connectivity index (χ3n) is 4.74. The topological polar surface area (TPSA) is 69.6 Å². The van der Waals surface area contributed by atoms with E-state index in [1.54, 1.807) is 6.08 Å². The number of nitrogens with zero attached hydrogens (tertiary/aromatic N) is 1. The summed E-state index contributed by atoms with van der Waals surface area (Å²) in [4.78, 5) is 25.6. The number of rotatable bonds is 11. The van der Waals surface area contributed by atoms with Crippen LogP contribution in [0.2, 0.25) is 0 Å². The minimum Gasteiger partial charge on any atom is -0.477 e. The molecule has 0 saturated heterocycles. The van der Waals surface area contributed by atoms with E-state index in [1.807, 2.05) is 13.8 Å². The van der Waals surface area contributed by atoms with Gasteiger partial charge in [0.15, 0.2) is 0 Å². The van der Waals surface area contributed by atoms with Gasteiger partial charge in [0.05, 0.1) is 0 Å². The molecule has 0 aromatic heterocycles. The average molecular weight is 324 g/mol. The second-order valence-corrected chi connectivity index (χ2v) is 7.03. The van der Waals surface area contributed by atoms with E-state index < -0.39 is 5.97 Å². The predicted molar refractivity (Wildman–Crippen MR) is 92.0 cm³/mol. The van der Waals surface area contributed by atoms with Crippen molar-refractivity contribution in [1.29, 1.82) is 0 Å².